The standard InChI is InChI=1S/C13H15N3O2S/c1-3-16-12(18)10(11(17)14-13(16)19)7-6-9-5-4-8-15(9)2/h4-5,7-8H,3,6H2,1-2H3,(H,14,17,19)/b10-7+. The SMILES string of the molecule is CCN1C(=O)/C(=C/Cc2cccn2C)C(=O)NC1=S. The summed E-state index contributed by atoms with van der Waals surface area (Å²) in [6.07, 6.45) is 4.10. The smallest absolute Gasteiger partial charge is 0.265 e. The van der Waals surface area contributed by atoms with E-state index in [-0.39, 0.29) is 16.6 Å². The lowest BCUT2D eigenvalue weighted by Gasteiger charge is -2.27. The van der Waals surface area contributed by atoms with E-state index in [9.17, 15) is 9.59 Å². The Morgan fingerprint density at radius 1 is 1.42 bits per heavy atom. The van der Waals surface area contributed by atoms with Gasteiger partial charge in [0.15, 0.2) is 5.11 Å². The van der Waals surface area contributed by atoms with Crippen molar-refractivity contribution in [3.63, 3.8) is 0 Å². The van der Waals surface area contributed by atoms with Crippen molar-refractivity contribution in [1.82, 2.24) is 14.8 Å². The Labute approximate surface area is 116 Å². The van der Waals surface area contributed by atoms with E-state index in [0.717, 1.165) is 5.69 Å². The van der Waals surface area contributed by atoms with Gasteiger partial charge in [0, 0.05) is 31.9 Å². The van der Waals surface area contributed by atoms with Crippen LogP contribution in [0.15, 0.2) is 30.0 Å². The lowest BCUT2D eigenvalue weighted by molar-refractivity contribution is -0.128. The summed E-state index contributed by atoms with van der Waals surface area (Å²) >= 11 is 4.96. The van der Waals surface area contributed by atoms with Crippen LogP contribution in [0.25, 0.3) is 0 Å². The number of aromatic nitrogens is 1. The number of nitrogens with zero attached hydrogens (tertiary/aromatic N) is 2. The Balaban J connectivity index is 2.22. The average molecular weight is 277 g/mol. The molecule has 0 aliphatic carbocycles. The molecule has 100 valence electrons. The normalized spacial score (nSPS) is 18.1. The third kappa shape index (κ3) is 2.58. The third-order valence-electron chi connectivity index (χ3n) is 3.07. The van der Waals surface area contributed by atoms with Crippen molar-refractivity contribution >= 4 is 29.1 Å². The van der Waals surface area contributed by atoms with Crippen molar-refractivity contribution < 1.29 is 9.59 Å². The lowest BCUT2D eigenvalue weighted by atomic mass is 10.1. The van der Waals surface area contributed by atoms with E-state index in [4.69, 9.17) is 12.2 Å². The van der Waals surface area contributed by atoms with Gasteiger partial charge in [-0.15, -0.1) is 0 Å². The zero-order valence-electron chi connectivity index (χ0n) is 10.8. The quantitative estimate of drug-likeness (QED) is 0.504. The molecule has 19 heavy (non-hydrogen) atoms. The van der Waals surface area contributed by atoms with Crippen molar-refractivity contribution in [3.05, 3.63) is 35.7 Å². The predicted molar refractivity (Wildman–Crippen MR) is 75.3 cm³/mol. The predicted octanol–water partition coefficient (Wildman–Crippen LogP) is 0.757. The first-order valence-electron chi connectivity index (χ1n) is 6.02. The van der Waals surface area contributed by atoms with Gasteiger partial charge in [0.2, 0.25) is 0 Å². The summed E-state index contributed by atoms with van der Waals surface area (Å²) in [5, 5.41) is 2.70. The maximum Gasteiger partial charge on any atom is 0.265 e. The number of likely N-dealkylation sites (N-methyl/N-ethyl adjacent to an activating group) is 1. The number of amides is 2. The number of carbonyl (C=O) groups is 2. The van der Waals surface area contributed by atoms with Crippen LogP contribution in [0.1, 0.15) is 12.6 Å². The molecule has 0 atom stereocenters. The van der Waals surface area contributed by atoms with Gasteiger partial charge in [-0.1, -0.05) is 6.08 Å². The summed E-state index contributed by atoms with van der Waals surface area (Å²) < 4.78 is 1.95. The molecule has 1 aliphatic rings. The highest BCUT2D eigenvalue weighted by molar-refractivity contribution is 7.80. The number of nitrogens with one attached hydrogen (secondary N) is 1. The molecule has 5 nitrogen and oxygen atoms in total. The van der Waals surface area contributed by atoms with Crippen LogP contribution in [-0.4, -0.2) is 32.9 Å². The Morgan fingerprint density at radius 3 is 2.74 bits per heavy atom. The fraction of sp³-hybridized carbons (Fsp3) is 0.308. The van der Waals surface area contributed by atoms with Gasteiger partial charge in [-0.05, 0) is 31.3 Å². The molecule has 6 heteroatoms. The number of hydrogen-bond acceptors (Lipinski definition) is 3. The monoisotopic (exact) mass is 277 g/mol. The molecule has 1 N–H and O–H groups in total. The van der Waals surface area contributed by atoms with Gasteiger partial charge in [-0.25, -0.2) is 0 Å². The average Bonchev–Trinajstić information content (AvgIpc) is 2.75. The molecule has 0 bridgehead atoms. The second kappa shape index (κ2) is 5.36. The van der Waals surface area contributed by atoms with Gasteiger partial charge in [0.25, 0.3) is 11.8 Å². The third-order valence-corrected chi connectivity index (χ3v) is 3.39. The number of rotatable bonds is 3. The van der Waals surface area contributed by atoms with Crippen molar-refractivity contribution in [2.24, 2.45) is 7.05 Å². The molecule has 0 aromatic carbocycles. The molecular weight excluding hydrogens is 262 g/mol. The van der Waals surface area contributed by atoms with Crippen LogP contribution in [0.2, 0.25) is 0 Å². The molecule has 1 aliphatic heterocycles. The summed E-state index contributed by atoms with van der Waals surface area (Å²) in [7, 11) is 1.92. The van der Waals surface area contributed by atoms with E-state index in [1.165, 1.54) is 4.90 Å². The van der Waals surface area contributed by atoms with Crippen LogP contribution in [0.4, 0.5) is 0 Å². The molecule has 2 amide bonds. The maximum absolute atomic E-state index is 12.1. The molecule has 1 saturated heterocycles. The van der Waals surface area contributed by atoms with Crippen molar-refractivity contribution in [2.45, 2.75) is 13.3 Å². The van der Waals surface area contributed by atoms with E-state index in [2.05, 4.69) is 5.32 Å². The number of thiocarbonyl (C=S) groups is 1. The van der Waals surface area contributed by atoms with Crippen LogP contribution < -0.4 is 5.32 Å². The van der Waals surface area contributed by atoms with Gasteiger partial charge in [0.05, 0.1) is 0 Å². The minimum Gasteiger partial charge on any atom is -0.354 e. The molecule has 1 fully saturated rings. The number of aryl methyl sites for hydroxylation is 1. The topological polar surface area (TPSA) is 54.3 Å². The van der Waals surface area contributed by atoms with Gasteiger partial charge < -0.3 is 4.57 Å². The lowest BCUT2D eigenvalue weighted by Crippen LogP contribution is -2.53. The molecule has 1 aromatic rings. The summed E-state index contributed by atoms with van der Waals surface area (Å²) in [5.74, 6) is -0.751. The van der Waals surface area contributed by atoms with Crippen LogP contribution >= 0.6 is 12.2 Å². The molecular formula is C13H15N3O2S. The van der Waals surface area contributed by atoms with E-state index in [1.54, 1.807) is 6.08 Å². The molecule has 0 unspecified atom stereocenters. The van der Waals surface area contributed by atoms with Crippen molar-refractivity contribution in [3.8, 4) is 0 Å². The summed E-state index contributed by atoms with van der Waals surface area (Å²) in [6.45, 7) is 2.26. The highest BCUT2D eigenvalue weighted by Crippen LogP contribution is 2.11. The van der Waals surface area contributed by atoms with Crippen LogP contribution in [0.3, 0.4) is 0 Å². The summed E-state index contributed by atoms with van der Waals surface area (Å²) in [5.41, 5.74) is 1.18. The molecule has 0 saturated carbocycles. The van der Waals surface area contributed by atoms with Crippen LogP contribution in [0.5, 0.6) is 0 Å². The highest BCUT2D eigenvalue weighted by Gasteiger charge is 2.31. The molecule has 2 heterocycles. The highest BCUT2D eigenvalue weighted by atomic mass is 32.1. The minimum atomic E-state index is -0.422. The number of carbonyl (C=O) groups excluding carboxylic acids is 2. The van der Waals surface area contributed by atoms with Crippen molar-refractivity contribution in [1.29, 1.82) is 0 Å². The fourth-order valence-electron chi connectivity index (χ4n) is 1.95. The Bertz CT molecular complexity index is 574. The maximum atomic E-state index is 12.1. The number of hydrogen-bond donors (Lipinski definition) is 1. The van der Waals surface area contributed by atoms with Crippen molar-refractivity contribution in [2.75, 3.05) is 6.54 Å². The second-order valence-corrected chi connectivity index (χ2v) is 4.63. The Kier molecular flexibility index (Phi) is 3.80. The fourth-order valence-corrected chi connectivity index (χ4v) is 2.25. The zero-order valence-corrected chi connectivity index (χ0v) is 11.7. The van der Waals surface area contributed by atoms with Gasteiger partial charge in [0.1, 0.15) is 5.57 Å². The van der Waals surface area contributed by atoms with Gasteiger partial charge in [-0.3, -0.25) is 19.8 Å². The van der Waals surface area contributed by atoms with E-state index in [0.29, 0.717) is 13.0 Å². The van der Waals surface area contributed by atoms with Crippen LogP contribution in [0, 0.1) is 0 Å². The number of allylic oxidation sites excluding steroid dienone is 1. The second-order valence-electron chi connectivity index (χ2n) is 4.24. The largest absolute Gasteiger partial charge is 0.354 e. The Hall–Kier alpha value is -1.95. The van der Waals surface area contributed by atoms with Gasteiger partial charge in [-0.2, -0.15) is 0 Å². The summed E-state index contributed by atoms with van der Waals surface area (Å²) in [6, 6.07) is 3.87. The first-order chi connectivity index (χ1) is 9.04. The molecule has 1 aromatic heterocycles. The zero-order chi connectivity index (χ0) is 14.0. The first kappa shape index (κ1) is 13.5. The summed E-state index contributed by atoms with van der Waals surface area (Å²) in [4.78, 5) is 25.3. The van der Waals surface area contributed by atoms with E-state index >= 15 is 0 Å². The first-order valence-corrected chi connectivity index (χ1v) is 6.43. The Morgan fingerprint density at radius 2 is 2.16 bits per heavy atom. The van der Waals surface area contributed by atoms with E-state index in [1.807, 2.05) is 36.9 Å². The van der Waals surface area contributed by atoms with E-state index < -0.39 is 5.91 Å². The molecule has 0 radical (unpaired) electrons. The minimum absolute atomic E-state index is 0.150. The molecule has 2 rings (SSSR count). The van der Waals surface area contributed by atoms with Crippen LogP contribution in [-0.2, 0) is 23.1 Å². The van der Waals surface area contributed by atoms with Gasteiger partial charge >= 0.3 is 0 Å². The molecule has 0 spiro atoms.